The maximum Gasteiger partial charge on any atom is 0.323 e. The van der Waals surface area contributed by atoms with Gasteiger partial charge in [-0.15, -0.1) is 0 Å². The lowest BCUT2D eigenvalue weighted by Gasteiger charge is -2.14. The maximum absolute atomic E-state index is 11.6. The Labute approximate surface area is 136 Å². The molecule has 0 aliphatic carbocycles. The molecule has 0 saturated heterocycles. The molecule has 0 unspecified atom stereocenters. The molecule has 0 fully saturated rings. The van der Waals surface area contributed by atoms with Gasteiger partial charge in [0.05, 0.1) is 0 Å². The molecular weight excluding hydrogens is 278 g/mol. The Bertz CT molecular complexity index is 303. The molecule has 0 aliphatic heterocycles. The number of carboxylic acid groups (broad SMARTS) is 1. The van der Waals surface area contributed by atoms with Gasteiger partial charge in [0, 0.05) is 13.5 Å². The Morgan fingerprint density at radius 1 is 0.864 bits per heavy atom. The van der Waals surface area contributed by atoms with Crippen LogP contribution in [0.25, 0.3) is 0 Å². The van der Waals surface area contributed by atoms with Crippen molar-refractivity contribution in [3.63, 3.8) is 0 Å². The van der Waals surface area contributed by atoms with Gasteiger partial charge in [-0.05, 0) is 12.3 Å². The van der Waals surface area contributed by atoms with Crippen LogP contribution in [0.5, 0.6) is 0 Å². The standard InChI is InChI=1S/C18H35NO3/c1-16(2)13-11-9-7-5-4-6-8-10-12-14-17(20)19(3)15-18(21)22/h16H,4-15H2,1-3H3,(H,21,22). The lowest BCUT2D eigenvalue weighted by atomic mass is 10.0. The van der Waals surface area contributed by atoms with Gasteiger partial charge < -0.3 is 10.0 Å². The smallest absolute Gasteiger partial charge is 0.323 e. The van der Waals surface area contributed by atoms with Crippen molar-refractivity contribution in [2.24, 2.45) is 5.92 Å². The van der Waals surface area contributed by atoms with Crippen molar-refractivity contribution in [1.29, 1.82) is 0 Å². The van der Waals surface area contributed by atoms with E-state index in [0.29, 0.717) is 6.42 Å². The van der Waals surface area contributed by atoms with Gasteiger partial charge in [0.2, 0.25) is 5.91 Å². The van der Waals surface area contributed by atoms with Gasteiger partial charge in [0.15, 0.2) is 0 Å². The van der Waals surface area contributed by atoms with Crippen LogP contribution >= 0.6 is 0 Å². The lowest BCUT2D eigenvalue weighted by molar-refractivity contribution is -0.143. The Hall–Kier alpha value is -1.06. The van der Waals surface area contributed by atoms with E-state index in [4.69, 9.17) is 5.11 Å². The number of hydrogen-bond donors (Lipinski definition) is 1. The summed E-state index contributed by atoms with van der Waals surface area (Å²) in [4.78, 5) is 23.4. The van der Waals surface area contributed by atoms with Crippen LogP contribution in [0.3, 0.4) is 0 Å². The molecule has 4 nitrogen and oxygen atoms in total. The summed E-state index contributed by atoms with van der Waals surface area (Å²) in [6, 6.07) is 0. The van der Waals surface area contributed by atoms with Gasteiger partial charge in [0.1, 0.15) is 6.54 Å². The fourth-order valence-electron chi connectivity index (χ4n) is 2.55. The van der Waals surface area contributed by atoms with Crippen molar-refractivity contribution in [2.75, 3.05) is 13.6 Å². The third-order valence-electron chi connectivity index (χ3n) is 3.97. The van der Waals surface area contributed by atoms with E-state index in [9.17, 15) is 9.59 Å². The van der Waals surface area contributed by atoms with E-state index in [-0.39, 0.29) is 12.5 Å². The number of nitrogens with zero attached hydrogens (tertiary/aromatic N) is 1. The first-order valence-electron chi connectivity index (χ1n) is 8.89. The molecule has 0 heterocycles. The van der Waals surface area contributed by atoms with Crippen molar-refractivity contribution < 1.29 is 14.7 Å². The highest BCUT2D eigenvalue weighted by molar-refractivity contribution is 5.80. The summed E-state index contributed by atoms with van der Waals surface area (Å²) < 4.78 is 0. The number of carbonyl (C=O) groups excluding carboxylic acids is 1. The van der Waals surface area contributed by atoms with E-state index >= 15 is 0 Å². The van der Waals surface area contributed by atoms with Crippen molar-refractivity contribution in [3.05, 3.63) is 0 Å². The third-order valence-corrected chi connectivity index (χ3v) is 3.97. The predicted molar refractivity (Wildman–Crippen MR) is 90.9 cm³/mol. The van der Waals surface area contributed by atoms with Crippen molar-refractivity contribution >= 4 is 11.9 Å². The summed E-state index contributed by atoms with van der Waals surface area (Å²) in [6.07, 6.45) is 12.9. The molecule has 0 radical (unpaired) electrons. The number of carboxylic acids is 1. The zero-order valence-electron chi connectivity index (χ0n) is 14.8. The van der Waals surface area contributed by atoms with Crippen LogP contribution in [-0.4, -0.2) is 35.5 Å². The van der Waals surface area contributed by atoms with Crippen molar-refractivity contribution in [3.8, 4) is 0 Å². The zero-order chi connectivity index (χ0) is 16.8. The first-order chi connectivity index (χ1) is 10.4. The molecule has 1 amide bonds. The highest BCUT2D eigenvalue weighted by Crippen LogP contribution is 2.13. The minimum Gasteiger partial charge on any atom is -0.480 e. The van der Waals surface area contributed by atoms with Gasteiger partial charge in [-0.2, -0.15) is 0 Å². The minimum absolute atomic E-state index is 0.0625. The molecule has 0 saturated carbocycles. The van der Waals surface area contributed by atoms with Gasteiger partial charge in [-0.3, -0.25) is 9.59 Å². The van der Waals surface area contributed by atoms with E-state index in [1.807, 2.05) is 0 Å². The second-order valence-electron chi connectivity index (χ2n) is 6.76. The number of carbonyl (C=O) groups is 2. The number of rotatable bonds is 14. The zero-order valence-corrected chi connectivity index (χ0v) is 14.8. The van der Waals surface area contributed by atoms with Crippen LogP contribution in [0.4, 0.5) is 0 Å². The van der Waals surface area contributed by atoms with Crippen LogP contribution in [0.15, 0.2) is 0 Å². The highest BCUT2D eigenvalue weighted by atomic mass is 16.4. The summed E-state index contributed by atoms with van der Waals surface area (Å²) in [6.45, 7) is 4.37. The molecular formula is C18H35NO3. The molecule has 0 spiro atoms. The van der Waals surface area contributed by atoms with Crippen LogP contribution < -0.4 is 0 Å². The monoisotopic (exact) mass is 313 g/mol. The summed E-state index contributed by atoms with van der Waals surface area (Å²) in [7, 11) is 1.55. The highest BCUT2D eigenvalue weighted by Gasteiger charge is 2.10. The van der Waals surface area contributed by atoms with Crippen molar-refractivity contribution in [1.82, 2.24) is 4.90 Å². The third kappa shape index (κ3) is 13.9. The Morgan fingerprint density at radius 2 is 1.32 bits per heavy atom. The fraction of sp³-hybridized carbons (Fsp3) is 0.889. The van der Waals surface area contributed by atoms with E-state index in [0.717, 1.165) is 18.8 Å². The summed E-state index contributed by atoms with van der Waals surface area (Å²) >= 11 is 0. The van der Waals surface area contributed by atoms with Gasteiger partial charge >= 0.3 is 5.97 Å². The van der Waals surface area contributed by atoms with Crippen LogP contribution in [-0.2, 0) is 9.59 Å². The molecule has 4 heteroatoms. The van der Waals surface area contributed by atoms with Gasteiger partial charge in [0.25, 0.3) is 0 Å². The second-order valence-corrected chi connectivity index (χ2v) is 6.76. The van der Waals surface area contributed by atoms with E-state index in [2.05, 4.69) is 13.8 Å². The summed E-state index contributed by atoms with van der Waals surface area (Å²) in [5, 5.41) is 8.61. The Balaban J connectivity index is 3.29. The minimum atomic E-state index is -0.954. The molecule has 0 aromatic rings. The van der Waals surface area contributed by atoms with Crippen LogP contribution in [0, 0.1) is 5.92 Å². The molecule has 0 rings (SSSR count). The SMILES string of the molecule is CC(C)CCCCCCCCCCCC(=O)N(C)CC(=O)O. The molecule has 130 valence electrons. The van der Waals surface area contributed by atoms with E-state index in [1.54, 1.807) is 7.05 Å². The molecule has 22 heavy (non-hydrogen) atoms. The Morgan fingerprint density at radius 3 is 1.77 bits per heavy atom. The second kappa shape index (κ2) is 13.6. The average Bonchev–Trinajstić information content (AvgIpc) is 2.43. The number of aliphatic carboxylic acids is 1. The number of likely N-dealkylation sites (N-methyl/N-ethyl adjacent to an activating group) is 1. The molecule has 0 aromatic heterocycles. The molecule has 0 aliphatic rings. The summed E-state index contributed by atoms with van der Waals surface area (Å²) in [5.74, 6) is -0.186. The number of amides is 1. The van der Waals surface area contributed by atoms with Gasteiger partial charge in [-0.1, -0.05) is 71.6 Å². The lowest BCUT2D eigenvalue weighted by Crippen LogP contribution is -2.31. The number of unbranched alkanes of at least 4 members (excludes halogenated alkanes) is 8. The largest absolute Gasteiger partial charge is 0.480 e. The molecule has 0 atom stereocenters. The first-order valence-corrected chi connectivity index (χ1v) is 8.89. The average molecular weight is 313 g/mol. The van der Waals surface area contributed by atoms with Crippen LogP contribution in [0.2, 0.25) is 0 Å². The molecule has 0 aromatic carbocycles. The van der Waals surface area contributed by atoms with E-state index < -0.39 is 5.97 Å². The summed E-state index contributed by atoms with van der Waals surface area (Å²) in [5.41, 5.74) is 0. The van der Waals surface area contributed by atoms with Gasteiger partial charge in [-0.25, -0.2) is 0 Å². The van der Waals surface area contributed by atoms with E-state index in [1.165, 1.54) is 56.3 Å². The quantitative estimate of drug-likeness (QED) is 0.481. The van der Waals surface area contributed by atoms with Crippen molar-refractivity contribution in [2.45, 2.75) is 84.5 Å². The Kier molecular flexibility index (Phi) is 12.9. The normalized spacial score (nSPS) is 10.9. The molecule has 0 bridgehead atoms. The van der Waals surface area contributed by atoms with Crippen LogP contribution in [0.1, 0.15) is 84.5 Å². The topological polar surface area (TPSA) is 57.6 Å². The fourth-order valence-corrected chi connectivity index (χ4v) is 2.55. The number of hydrogen-bond acceptors (Lipinski definition) is 2. The first kappa shape index (κ1) is 20.9. The predicted octanol–water partition coefficient (Wildman–Crippen LogP) is 4.48. The maximum atomic E-state index is 11.6. The molecule has 1 N–H and O–H groups in total.